The Morgan fingerprint density at radius 2 is 2.00 bits per heavy atom. The van der Waals surface area contributed by atoms with Crippen molar-refractivity contribution in [1.29, 1.82) is 0 Å². The molecule has 18 heavy (non-hydrogen) atoms. The van der Waals surface area contributed by atoms with E-state index in [0.717, 1.165) is 10.6 Å². The second-order valence-electron chi connectivity index (χ2n) is 3.62. The van der Waals surface area contributed by atoms with Gasteiger partial charge in [0.1, 0.15) is 18.2 Å². The summed E-state index contributed by atoms with van der Waals surface area (Å²) in [6.07, 6.45) is -4.42. The van der Waals surface area contributed by atoms with Crippen LogP contribution in [0.5, 0.6) is 0 Å². The van der Waals surface area contributed by atoms with Gasteiger partial charge in [-0.15, -0.1) is 11.6 Å². The molecule has 1 heterocycles. The van der Waals surface area contributed by atoms with Gasteiger partial charge in [-0.05, 0) is 22.0 Å². The summed E-state index contributed by atoms with van der Waals surface area (Å²) in [7, 11) is 0. The molecule has 0 aliphatic heterocycles. The maximum atomic E-state index is 13.4. The van der Waals surface area contributed by atoms with E-state index in [1.807, 2.05) is 0 Å². The van der Waals surface area contributed by atoms with Crippen LogP contribution < -0.4 is 0 Å². The van der Waals surface area contributed by atoms with Crippen LogP contribution in [0.25, 0.3) is 11.0 Å². The maximum Gasteiger partial charge on any atom is 0.406 e. The molecule has 0 spiro atoms. The number of fused-ring (bicyclic) bond motifs is 1. The van der Waals surface area contributed by atoms with Crippen LogP contribution in [0.3, 0.4) is 0 Å². The van der Waals surface area contributed by atoms with Crippen molar-refractivity contribution in [1.82, 2.24) is 9.55 Å². The van der Waals surface area contributed by atoms with Crippen LogP contribution in [0.1, 0.15) is 5.82 Å². The Balaban J connectivity index is 2.65. The first kappa shape index (κ1) is 13.6. The van der Waals surface area contributed by atoms with Crippen molar-refractivity contribution >= 4 is 38.6 Å². The molecule has 0 saturated heterocycles. The molecule has 1 aromatic heterocycles. The molecule has 0 radical (unpaired) electrons. The molecule has 2 nitrogen and oxygen atoms in total. The van der Waals surface area contributed by atoms with E-state index >= 15 is 0 Å². The van der Waals surface area contributed by atoms with Gasteiger partial charge < -0.3 is 4.57 Å². The van der Waals surface area contributed by atoms with Crippen molar-refractivity contribution in [2.45, 2.75) is 18.6 Å². The lowest BCUT2D eigenvalue weighted by atomic mass is 10.3. The predicted octanol–water partition coefficient (Wildman–Crippen LogP) is 4.24. The largest absolute Gasteiger partial charge is 0.406 e. The minimum atomic E-state index is -4.42. The van der Waals surface area contributed by atoms with Crippen molar-refractivity contribution < 1.29 is 17.6 Å². The summed E-state index contributed by atoms with van der Waals surface area (Å²) >= 11 is 8.51. The van der Waals surface area contributed by atoms with Gasteiger partial charge in [-0.3, -0.25) is 0 Å². The highest BCUT2D eigenvalue weighted by molar-refractivity contribution is 9.10. The molecule has 8 heteroatoms. The predicted molar refractivity (Wildman–Crippen MR) is 63.0 cm³/mol. The van der Waals surface area contributed by atoms with E-state index in [4.69, 9.17) is 11.6 Å². The quantitative estimate of drug-likeness (QED) is 0.588. The van der Waals surface area contributed by atoms with Gasteiger partial charge in [-0.1, -0.05) is 0 Å². The number of benzene rings is 1. The Morgan fingerprint density at radius 3 is 2.56 bits per heavy atom. The summed E-state index contributed by atoms with van der Waals surface area (Å²) in [5, 5.41) is 0. The number of hydrogen-bond acceptors (Lipinski definition) is 1. The molecule has 0 saturated carbocycles. The van der Waals surface area contributed by atoms with E-state index in [1.165, 1.54) is 6.07 Å². The molecule has 0 unspecified atom stereocenters. The summed E-state index contributed by atoms with van der Waals surface area (Å²) < 4.78 is 51.7. The lowest BCUT2D eigenvalue weighted by Gasteiger charge is -2.10. The molecule has 2 aromatic rings. The van der Waals surface area contributed by atoms with Crippen LogP contribution in [-0.2, 0) is 12.4 Å². The number of alkyl halides is 4. The maximum absolute atomic E-state index is 13.4. The number of imidazole rings is 1. The minimum absolute atomic E-state index is 0.0569. The summed E-state index contributed by atoms with van der Waals surface area (Å²) in [5.74, 6) is -0.766. The molecule has 2 rings (SSSR count). The van der Waals surface area contributed by atoms with Crippen molar-refractivity contribution in [2.24, 2.45) is 0 Å². The third kappa shape index (κ3) is 2.61. The standard InChI is InChI=1S/C10H6BrClF4N2/c11-5-1-7-8(2-6(5)13)18(4-10(14,15)16)9(3-12)17-7/h1-2H,3-4H2. The topological polar surface area (TPSA) is 17.8 Å². The van der Waals surface area contributed by atoms with Crippen LogP contribution >= 0.6 is 27.5 Å². The second kappa shape index (κ2) is 4.70. The monoisotopic (exact) mass is 344 g/mol. The van der Waals surface area contributed by atoms with Gasteiger partial charge in [0, 0.05) is 6.07 Å². The van der Waals surface area contributed by atoms with Gasteiger partial charge in [-0.2, -0.15) is 13.2 Å². The molecule has 1 aromatic carbocycles. The Bertz CT molecular complexity index is 594. The fourth-order valence-corrected chi connectivity index (χ4v) is 2.16. The van der Waals surface area contributed by atoms with Crippen LogP contribution in [0.15, 0.2) is 16.6 Å². The Labute approximate surface area is 113 Å². The fourth-order valence-electron chi connectivity index (χ4n) is 1.63. The summed E-state index contributed by atoms with van der Waals surface area (Å²) in [4.78, 5) is 3.95. The molecule has 0 bridgehead atoms. The minimum Gasteiger partial charge on any atom is -0.318 e. The van der Waals surface area contributed by atoms with E-state index in [-0.39, 0.29) is 27.2 Å². The van der Waals surface area contributed by atoms with Crippen LogP contribution in [0.2, 0.25) is 0 Å². The highest BCUT2D eigenvalue weighted by Gasteiger charge is 2.30. The Kier molecular flexibility index (Phi) is 3.55. The van der Waals surface area contributed by atoms with Gasteiger partial charge in [0.05, 0.1) is 21.4 Å². The van der Waals surface area contributed by atoms with E-state index < -0.39 is 18.5 Å². The molecular weight excluding hydrogens is 339 g/mol. The van der Waals surface area contributed by atoms with Crippen molar-refractivity contribution in [3.63, 3.8) is 0 Å². The lowest BCUT2D eigenvalue weighted by molar-refractivity contribution is -0.140. The summed E-state index contributed by atoms with van der Waals surface area (Å²) in [5.41, 5.74) is 0.340. The van der Waals surface area contributed by atoms with Gasteiger partial charge in [0.2, 0.25) is 0 Å². The molecule has 0 N–H and O–H groups in total. The normalized spacial score (nSPS) is 12.3. The molecular formula is C10H6BrClF4N2. The second-order valence-corrected chi connectivity index (χ2v) is 4.74. The smallest absolute Gasteiger partial charge is 0.318 e. The first-order valence-electron chi connectivity index (χ1n) is 4.78. The number of rotatable bonds is 2. The molecule has 0 atom stereocenters. The highest BCUT2D eigenvalue weighted by Crippen LogP contribution is 2.27. The zero-order chi connectivity index (χ0) is 13.5. The third-order valence-electron chi connectivity index (χ3n) is 2.33. The van der Waals surface area contributed by atoms with Gasteiger partial charge >= 0.3 is 6.18 Å². The van der Waals surface area contributed by atoms with Crippen LogP contribution in [0, 0.1) is 5.82 Å². The Hall–Kier alpha value is -0.820. The fraction of sp³-hybridized carbons (Fsp3) is 0.300. The summed E-state index contributed by atoms with van der Waals surface area (Å²) in [6, 6.07) is 2.34. The molecule has 0 aliphatic rings. The van der Waals surface area contributed by atoms with Gasteiger partial charge in [-0.25, -0.2) is 9.37 Å². The zero-order valence-corrected chi connectivity index (χ0v) is 11.1. The van der Waals surface area contributed by atoms with E-state index in [0.29, 0.717) is 0 Å². The molecule has 0 aliphatic carbocycles. The van der Waals surface area contributed by atoms with E-state index in [9.17, 15) is 17.6 Å². The average molecular weight is 346 g/mol. The van der Waals surface area contributed by atoms with Crippen LogP contribution in [-0.4, -0.2) is 15.7 Å². The van der Waals surface area contributed by atoms with E-state index in [1.54, 1.807) is 0 Å². The Morgan fingerprint density at radius 1 is 1.33 bits per heavy atom. The highest BCUT2D eigenvalue weighted by atomic mass is 79.9. The van der Waals surface area contributed by atoms with Gasteiger partial charge in [0.25, 0.3) is 0 Å². The molecule has 0 amide bonds. The number of hydrogen-bond donors (Lipinski definition) is 0. The lowest BCUT2D eigenvalue weighted by Crippen LogP contribution is -2.19. The van der Waals surface area contributed by atoms with Crippen LogP contribution in [0.4, 0.5) is 17.6 Å². The van der Waals surface area contributed by atoms with Crippen molar-refractivity contribution in [2.75, 3.05) is 0 Å². The number of halogens is 6. The van der Waals surface area contributed by atoms with Gasteiger partial charge in [0.15, 0.2) is 0 Å². The van der Waals surface area contributed by atoms with E-state index in [2.05, 4.69) is 20.9 Å². The number of nitrogens with zero attached hydrogens (tertiary/aromatic N) is 2. The third-order valence-corrected chi connectivity index (χ3v) is 3.17. The summed E-state index contributed by atoms with van der Waals surface area (Å²) in [6.45, 7) is -1.24. The first-order chi connectivity index (χ1) is 8.31. The first-order valence-corrected chi connectivity index (χ1v) is 6.11. The average Bonchev–Trinajstić information content (AvgIpc) is 2.55. The van der Waals surface area contributed by atoms with Crippen molar-refractivity contribution in [3.05, 3.63) is 28.2 Å². The zero-order valence-electron chi connectivity index (χ0n) is 8.73. The number of aromatic nitrogens is 2. The molecule has 98 valence electrons. The SMILES string of the molecule is Fc1cc2c(cc1Br)nc(CCl)n2CC(F)(F)F. The molecule has 0 fully saturated rings. The van der Waals surface area contributed by atoms with Crippen molar-refractivity contribution in [3.8, 4) is 0 Å².